The van der Waals surface area contributed by atoms with E-state index in [2.05, 4.69) is 46.4 Å². The van der Waals surface area contributed by atoms with Crippen LogP contribution in [0.25, 0.3) is 0 Å². The van der Waals surface area contributed by atoms with Crippen molar-refractivity contribution < 1.29 is 4.79 Å². The van der Waals surface area contributed by atoms with Gasteiger partial charge in [-0.1, -0.05) is 41.5 Å². The summed E-state index contributed by atoms with van der Waals surface area (Å²) in [7, 11) is 0. The lowest BCUT2D eigenvalue weighted by atomic mass is 10.0. The molecule has 0 rings (SSSR count). The van der Waals surface area contributed by atoms with Crippen molar-refractivity contribution in [2.45, 2.75) is 47.6 Å². The molecule has 0 spiro atoms. The Bertz CT molecular complexity index is 204. The number of nitrogens with zero attached hydrogens (tertiary/aromatic N) is 1. The topological polar surface area (TPSA) is 20.3 Å². The highest BCUT2D eigenvalue weighted by Gasteiger charge is 2.28. The molecule has 0 aromatic carbocycles. The zero-order valence-corrected chi connectivity index (χ0v) is 12.2. The molecule has 0 aliphatic heterocycles. The SMILES string of the molecule is CC(C)CN(CC(C)C)C(C(=O)Cl)C(C)C. The summed E-state index contributed by atoms with van der Waals surface area (Å²) in [6.07, 6.45) is 0. The summed E-state index contributed by atoms with van der Waals surface area (Å²) in [5, 5.41) is -0.226. The van der Waals surface area contributed by atoms with E-state index in [0.717, 1.165) is 13.1 Å². The molecule has 0 aromatic heterocycles. The summed E-state index contributed by atoms with van der Waals surface area (Å²) in [5.74, 6) is 1.37. The van der Waals surface area contributed by atoms with E-state index < -0.39 is 0 Å². The first kappa shape index (κ1) is 15.9. The Labute approximate surface area is 105 Å². The van der Waals surface area contributed by atoms with Gasteiger partial charge in [0.15, 0.2) is 0 Å². The van der Waals surface area contributed by atoms with Crippen LogP contribution in [-0.2, 0) is 4.79 Å². The maximum Gasteiger partial charge on any atom is 0.239 e. The molecule has 96 valence electrons. The van der Waals surface area contributed by atoms with Crippen LogP contribution in [0.1, 0.15) is 41.5 Å². The Balaban J connectivity index is 4.73. The van der Waals surface area contributed by atoms with E-state index in [-0.39, 0.29) is 17.2 Å². The fourth-order valence-corrected chi connectivity index (χ4v) is 2.46. The molecule has 0 radical (unpaired) electrons. The quantitative estimate of drug-likeness (QED) is 0.643. The van der Waals surface area contributed by atoms with E-state index in [1.165, 1.54) is 0 Å². The van der Waals surface area contributed by atoms with E-state index in [4.69, 9.17) is 11.6 Å². The summed E-state index contributed by atoms with van der Waals surface area (Å²) in [5.41, 5.74) is 0. The van der Waals surface area contributed by atoms with Crippen LogP contribution in [-0.4, -0.2) is 29.3 Å². The Morgan fingerprint density at radius 3 is 1.56 bits per heavy atom. The second-order valence-corrected chi connectivity index (χ2v) is 6.11. The fraction of sp³-hybridized carbons (Fsp3) is 0.923. The highest BCUT2D eigenvalue weighted by Crippen LogP contribution is 2.17. The van der Waals surface area contributed by atoms with Crippen LogP contribution in [0.5, 0.6) is 0 Å². The third kappa shape index (κ3) is 5.86. The maximum absolute atomic E-state index is 11.5. The zero-order valence-electron chi connectivity index (χ0n) is 11.5. The first-order chi connectivity index (χ1) is 7.25. The third-order valence-corrected chi connectivity index (χ3v) is 2.68. The molecule has 0 amide bonds. The van der Waals surface area contributed by atoms with Crippen molar-refractivity contribution in [3.63, 3.8) is 0 Å². The molecular formula is C13H26ClNO. The van der Waals surface area contributed by atoms with E-state index in [0.29, 0.717) is 11.8 Å². The van der Waals surface area contributed by atoms with Gasteiger partial charge in [-0.25, -0.2) is 0 Å². The Morgan fingerprint density at radius 2 is 1.38 bits per heavy atom. The van der Waals surface area contributed by atoms with Crippen LogP contribution in [0, 0.1) is 17.8 Å². The van der Waals surface area contributed by atoms with Crippen molar-refractivity contribution in [1.82, 2.24) is 4.90 Å². The molecule has 0 aliphatic carbocycles. The predicted octanol–water partition coefficient (Wildman–Crippen LogP) is 3.39. The normalized spacial score (nSPS) is 14.2. The molecule has 0 fully saturated rings. The zero-order chi connectivity index (χ0) is 12.9. The van der Waals surface area contributed by atoms with Crippen LogP contribution >= 0.6 is 11.6 Å². The average molecular weight is 248 g/mol. The summed E-state index contributed by atoms with van der Waals surface area (Å²) in [6.45, 7) is 14.6. The minimum atomic E-state index is -0.226. The van der Waals surface area contributed by atoms with Gasteiger partial charge in [-0.05, 0) is 29.4 Å². The fourth-order valence-electron chi connectivity index (χ4n) is 2.07. The van der Waals surface area contributed by atoms with Crippen LogP contribution in [0.4, 0.5) is 0 Å². The summed E-state index contributed by atoms with van der Waals surface area (Å²) in [4.78, 5) is 13.7. The van der Waals surface area contributed by atoms with Crippen molar-refractivity contribution in [1.29, 1.82) is 0 Å². The van der Waals surface area contributed by atoms with Gasteiger partial charge in [0.1, 0.15) is 0 Å². The Morgan fingerprint density at radius 1 is 1.00 bits per heavy atom. The first-order valence-electron chi connectivity index (χ1n) is 6.19. The lowest BCUT2D eigenvalue weighted by Gasteiger charge is -2.34. The van der Waals surface area contributed by atoms with Crippen molar-refractivity contribution in [3.05, 3.63) is 0 Å². The minimum absolute atomic E-state index is 0.147. The van der Waals surface area contributed by atoms with Gasteiger partial charge in [0.25, 0.3) is 0 Å². The Hall–Kier alpha value is -0.0800. The van der Waals surface area contributed by atoms with E-state index in [1.54, 1.807) is 0 Å². The van der Waals surface area contributed by atoms with Gasteiger partial charge in [-0.3, -0.25) is 9.69 Å². The van der Waals surface area contributed by atoms with Gasteiger partial charge in [0.05, 0.1) is 6.04 Å². The van der Waals surface area contributed by atoms with Crippen LogP contribution in [0.3, 0.4) is 0 Å². The molecule has 1 unspecified atom stereocenters. The molecule has 0 heterocycles. The van der Waals surface area contributed by atoms with Crippen LogP contribution in [0.2, 0.25) is 0 Å². The highest BCUT2D eigenvalue weighted by atomic mass is 35.5. The standard InChI is InChI=1S/C13H26ClNO/c1-9(2)7-15(8-10(3)4)12(11(5)6)13(14)16/h9-12H,7-8H2,1-6H3. The van der Waals surface area contributed by atoms with Crippen LogP contribution in [0.15, 0.2) is 0 Å². The molecule has 16 heavy (non-hydrogen) atoms. The molecule has 2 nitrogen and oxygen atoms in total. The summed E-state index contributed by atoms with van der Waals surface area (Å²) in [6, 6.07) is -0.147. The molecule has 1 atom stereocenters. The predicted molar refractivity (Wildman–Crippen MR) is 70.7 cm³/mol. The number of rotatable bonds is 7. The number of carbonyl (C=O) groups is 1. The number of hydrogen-bond acceptors (Lipinski definition) is 2. The maximum atomic E-state index is 11.5. The number of halogens is 1. The smallest absolute Gasteiger partial charge is 0.239 e. The summed E-state index contributed by atoms with van der Waals surface area (Å²) >= 11 is 5.72. The molecule has 3 heteroatoms. The van der Waals surface area contributed by atoms with E-state index >= 15 is 0 Å². The lowest BCUT2D eigenvalue weighted by molar-refractivity contribution is -0.118. The lowest BCUT2D eigenvalue weighted by Crippen LogP contribution is -2.46. The monoisotopic (exact) mass is 247 g/mol. The second-order valence-electron chi connectivity index (χ2n) is 5.73. The second kappa shape index (κ2) is 7.29. The van der Waals surface area contributed by atoms with Gasteiger partial charge in [-0.15, -0.1) is 0 Å². The minimum Gasteiger partial charge on any atom is -0.292 e. The van der Waals surface area contributed by atoms with Crippen molar-refractivity contribution in [2.24, 2.45) is 17.8 Å². The average Bonchev–Trinajstić information content (AvgIpc) is 1.98. The molecule has 0 saturated heterocycles. The van der Waals surface area contributed by atoms with E-state index in [1.807, 2.05) is 0 Å². The number of hydrogen-bond donors (Lipinski definition) is 0. The van der Waals surface area contributed by atoms with E-state index in [9.17, 15) is 4.79 Å². The molecular weight excluding hydrogens is 222 g/mol. The van der Waals surface area contributed by atoms with Gasteiger partial charge in [0.2, 0.25) is 5.24 Å². The number of carbonyl (C=O) groups excluding carboxylic acids is 1. The molecule has 0 aliphatic rings. The van der Waals surface area contributed by atoms with Gasteiger partial charge < -0.3 is 0 Å². The van der Waals surface area contributed by atoms with Gasteiger partial charge in [-0.2, -0.15) is 0 Å². The van der Waals surface area contributed by atoms with Crippen molar-refractivity contribution in [3.8, 4) is 0 Å². The first-order valence-corrected chi connectivity index (χ1v) is 6.56. The van der Waals surface area contributed by atoms with Gasteiger partial charge in [0, 0.05) is 13.1 Å². The molecule has 0 aromatic rings. The molecule has 0 bridgehead atoms. The van der Waals surface area contributed by atoms with Crippen molar-refractivity contribution >= 4 is 16.8 Å². The Kier molecular flexibility index (Phi) is 7.25. The molecule has 0 saturated carbocycles. The van der Waals surface area contributed by atoms with Gasteiger partial charge >= 0.3 is 0 Å². The largest absolute Gasteiger partial charge is 0.292 e. The highest BCUT2D eigenvalue weighted by molar-refractivity contribution is 6.64. The molecule has 0 N–H and O–H groups in total. The van der Waals surface area contributed by atoms with Crippen molar-refractivity contribution in [2.75, 3.05) is 13.1 Å². The summed E-state index contributed by atoms with van der Waals surface area (Å²) < 4.78 is 0. The third-order valence-electron chi connectivity index (χ3n) is 2.46. The van der Waals surface area contributed by atoms with Crippen LogP contribution < -0.4 is 0 Å².